The minimum absolute atomic E-state index is 0.0317. The summed E-state index contributed by atoms with van der Waals surface area (Å²) in [6.45, 7) is 2.19. The van der Waals surface area contributed by atoms with Crippen molar-refractivity contribution >= 4 is 17.6 Å². The monoisotopic (exact) mass is 482 g/mol. The Morgan fingerprint density at radius 1 is 1.00 bits per heavy atom. The third-order valence-electron chi connectivity index (χ3n) is 6.54. The first-order valence-electron chi connectivity index (χ1n) is 11.8. The van der Waals surface area contributed by atoms with Crippen LogP contribution < -0.4 is 14.8 Å². The molecule has 0 unspecified atom stereocenters. The summed E-state index contributed by atoms with van der Waals surface area (Å²) in [5.74, 6) is 0.334. The number of benzene rings is 2. The predicted octanol–water partition coefficient (Wildman–Crippen LogP) is 4.31. The molecular formula is C27H34N2O6. The second-order valence-electron chi connectivity index (χ2n) is 8.92. The highest BCUT2D eigenvalue weighted by molar-refractivity contribution is 6.39. The van der Waals surface area contributed by atoms with Crippen molar-refractivity contribution in [2.45, 2.75) is 45.1 Å². The van der Waals surface area contributed by atoms with Crippen LogP contribution >= 0.6 is 0 Å². The van der Waals surface area contributed by atoms with Gasteiger partial charge in [0.1, 0.15) is 30.4 Å². The van der Waals surface area contributed by atoms with E-state index in [0.717, 1.165) is 42.4 Å². The summed E-state index contributed by atoms with van der Waals surface area (Å²) < 4.78 is 11.0. The van der Waals surface area contributed by atoms with Gasteiger partial charge in [-0.3, -0.25) is 4.79 Å². The zero-order valence-electron chi connectivity index (χ0n) is 20.7. The molecule has 1 amide bonds. The molecule has 8 nitrogen and oxygen atoms in total. The van der Waals surface area contributed by atoms with Crippen LogP contribution in [0.1, 0.15) is 38.2 Å². The molecule has 0 spiro atoms. The Kier molecular flexibility index (Phi) is 9.11. The van der Waals surface area contributed by atoms with Crippen molar-refractivity contribution in [3.05, 3.63) is 48.0 Å². The summed E-state index contributed by atoms with van der Waals surface area (Å²) in [5.41, 5.74) is 2.73. The molecule has 2 aromatic carbocycles. The Balaban J connectivity index is 1.75. The number of aliphatic carboxylic acids is 1. The number of hydrogen-bond donors (Lipinski definition) is 2. The van der Waals surface area contributed by atoms with E-state index in [2.05, 4.69) is 17.4 Å². The van der Waals surface area contributed by atoms with Crippen LogP contribution in [0.5, 0.6) is 11.5 Å². The standard InChI is InChI=1S/C27H34N2O6/c1-17-8-12-20(13-9-17)25(29-35-4)26(30)28-21(27(31)32)16-18-10-14-19(15-11-18)24-22(33-2)6-5-7-23(24)34-3/h5-7,10-11,14-15,17,20-21H,8-9,12-13,16H2,1-4H3,(H,28,30)(H,31,32)/t17?,20?,21-/m0/s1. The molecule has 2 aromatic rings. The van der Waals surface area contributed by atoms with Crippen molar-refractivity contribution in [3.8, 4) is 22.6 Å². The zero-order valence-corrected chi connectivity index (χ0v) is 20.7. The first-order valence-corrected chi connectivity index (χ1v) is 11.8. The normalized spacial score (nSPS) is 18.9. The Morgan fingerprint density at radius 2 is 1.60 bits per heavy atom. The molecule has 8 heteroatoms. The van der Waals surface area contributed by atoms with Gasteiger partial charge in [-0.2, -0.15) is 0 Å². The first-order chi connectivity index (χ1) is 16.9. The topological polar surface area (TPSA) is 106 Å². The molecule has 2 N–H and O–H groups in total. The number of carbonyl (C=O) groups excluding carboxylic acids is 1. The van der Waals surface area contributed by atoms with Crippen molar-refractivity contribution in [2.24, 2.45) is 17.0 Å². The van der Waals surface area contributed by atoms with E-state index in [1.807, 2.05) is 42.5 Å². The summed E-state index contributed by atoms with van der Waals surface area (Å²) in [6, 6.07) is 11.9. The third-order valence-corrected chi connectivity index (χ3v) is 6.54. The van der Waals surface area contributed by atoms with E-state index in [-0.39, 0.29) is 18.1 Å². The van der Waals surface area contributed by atoms with Crippen molar-refractivity contribution in [3.63, 3.8) is 0 Å². The van der Waals surface area contributed by atoms with Gasteiger partial charge in [-0.15, -0.1) is 0 Å². The SMILES string of the molecule is CON=C(C(=O)N[C@@H](Cc1ccc(-c2c(OC)cccc2OC)cc1)C(=O)O)C1CCC(C)CC1. The fraction of sp³-hybridized carbons (Fsp3) is 0.444. The van der Waals surface area contributed by atoms with Gasteiger partial charge in [-0.1, -0.05) is 55.3 Å². The highest BCUT2D eigenvalue weighted by Gasteiger charge is 2.30. The molecule has 3 rings (SSSR count). The number of ether oxygens (including phenoxy) is 2. The lowest BCUT2D eigenvalue weighted by molar-refractivity contribution is -0.141. The van der Waals surface area contributed by atoms with Gasteiger partial charge in [0, 0.05) is 12.3 Å². The van der Waals surface area contributed by atoms with Crippen molar-refractivity contribution in [1.29, 1.82) is 0 Å². The van der Waals surface area contributed by atoms with Crippen LogP contribution in [0.25, 0.3) is 11.1 Å². The molecule has 0 aliphatic heterocycles. The summed E-state index contributed by atoms with van der Waals surface area (Å²) >= 11 is 0. The molecule has 1 saturated carbocycles. The second kappa shape index (κ2) is 12.2. The number of nitrogens with zero attached hydrogens (tertiary/aromatic N) is 1. The van der Waals surface area contributed by atoms with Gasteiger partial charge in [-0.05, 0) is 42.0 Å². The van der Waals surface area contributed by atoms with Crippen molar-refractivity contribution < 1.29 is 29.0 Å². The summed E-state index contributed by atoms with van der Waals surface area (Å²) in [4.78, 5) is 29.9. The number of rotatable bonds is 10. The summed E-state index contributed by atoms with van der Waals surface area (Å²) in [5, 5.41) is 16.4. The molecule has 0 radical (unpaired) electrons. The molecule has 188 valence electrons. The lowest BCUT2D eigenvalue weighted by atomic mass is 9.80. The number of carboxylic acids is 1. The molecule has 1 aliphatic carbocycles. The Bertz CT molecular complexity index is 1020. The first kappa shape index (κ1) is 26.1. The highest BCUT2D eigenvalue weighted by Crippen LogP contribution is 2.38. The number of nitrogens with one attached hydrogen (secondary N) is 1. The van der Waals surface area contributed by atoms with Crippen LogP contribution in [0.15, 0.2) is 47.6 Å². The Hall–Kier alpha value is -3.55. The van der Waals surface area contributed by atoms with Gasteiger partial charge in [0.15, 0.2) is 0 Å². The molecule has 35 heavy (non-hydrogen) atoms. The fourth-order valence-electron chi connectivity index (χ4n) is 4.54. The lowest BCUT2D eigenvalue weighted by Crippen LogP contribution is -2.47. The molecule has 0 bridgehead atoms. The molecule has 0 aromatic heterocycles. The van der Waals surface area contributed by atoms with E-state index in [0.29, 0.717) is 17.4 Å². The zero-order chi connectivity index (χ0) is 25.4. The van der Waals surface area contributed by atoms with Gasteiger partial charge < -0.3 is 24.7 Å². The molecule has 0 heterocycles. The maximum Gasteiger partial charge on any atom is 0.326 e. The number of carbonyl (C=O) groups is 2. The van der Waals surface area contributed by atoms with Crippen LogP contribution in [0, 0.1) is 11.8 Å². The highest BCUT2D eigenvalue weighted by atomic mass is 16.6. The van der Waals surface area contributed by atoms with E-state index < -0.39 is 17.9 Å². The van der Waals surface area contributed by atoms with Gasteiger partial charge >= 0.3 is 5.97 Å². The van der Waals surface area contributed by atoms with Crippen LogP contribution in [0.3, 0.4) is 0 Å². The summed E-state index contributed by atoms with van der Waals surface area (Å²) in [7, 11) is 4.59. The lowest BCUT2D eigenvalue weighted by Gasteiger charge is -2.27. The van der Waals surface area contributed by atoms with E-state index in [9.17, 15) is 14.7 Å². The average molecular weight is 483 g/mol. The van der Waals surface area contributed by atoms with E-state index in [1.165, 1.54) is 7.11 Å². The van der Waals surface area contributed by atoms with E-state index in [4.69, 9.17) is 14.3 Å². The quantitative estimate of drug-likeness (QED) is 0.386. The largest absolute Gasteiger partial charge is 0.496 e. The van der Waals surface area contributed by atoms with Crippen LogP contribution in [-0.4, -0.2) is 50.1 Å². The smallest absolute Gasteiger partial charge is 0.326 e. The number of methoxy groups -OCH3 is 2. The van der Waals surface area contributed by atoms with Gasteiger partial charge in [0.05, 0.1) is 19.8 Å². The van der Waals surface area contributed by atoms with Gasteiger partial charge in [0.2, 0.25) is 0 Å². The number of carboxylic acid groups (broad SMARTS) is 1. The predicted molar refractivity (Wildman–Crippen MR) is 134 cm³/mol. The maximum atomic E-state index is 13.0. The second-order valence-corrected chi connectivity index (χ2v) is 8.92. The minimum atomic E-state index is -1.11. The molecule has 1 aliphatic rings. The van der Waals surface area contributed by atoms with E-state index in [1.54, 1.807) is 14.2 Å². The number of amides is 1. The van der Waals surface area contributed by atoms with Crippen molar-refractivity contribution in [2.75, 3.05) is 21.3 Å². The van der Waals surface area contributed by atoms with Crippen LogP contribution in [0.2, 0.25) is 0 Å². The number of oxime groups is 1. The molecule has 0 saturated heterocycles. The van der Waals surface area contributed by atoms with Crippen LogP contribution in [0.4, 0.5) is 0 Å². The molecular weight excluding hydrogens is 448 g/mol. The average Bonchev–Trinajstić information content (AvgIpc) is 2.87. The van der Waals surface area contributed by atoms with Gasteiger partial charge in [-0.25, -0.2) is 4.79 Å². The fourth-order valence-corrected chi connectivity index (χ4v) is 4.54. The maximum absolute atomic E-state index is 13.0. The number of hydrogen-bond acceptors (Lipinski definition) is 6. The Morgan fingerprint density at radius 3 is 2.11 bits per heavy atom. The minimum Gasteiger partial charge on any atom is -0.496 e. The van der Waals surface area contributed by atoms with Gasteiger partial charge in [0.25, 0.3) is 5.91 Å². The van der Waals surface area contributed by atoms with Crippen molar-refractivity contribution in [1.82, 2.24) is 5.32 Å². The Labute approximate surface area is 206 Å². The molecule has 1 atom stereocenters. The van der Waals surface area contributed by atoms with Crippen LogP contribution in [-0.2, 0) is 20.8 Å². The van der Waals surface area contributed by atoms with E-state index >= 15 is 0 Å². The third kappa shape index (κ3) is 6.53. The molecule has 1 fully saturated rings. The summed E-state index contributed by atoms with van der Waals surface area (Å²) in [6.07, 6.45) is 3.82.